The van der Waals surface area contributed by atoms with E-state index in [4.69, 9.17) is 4.52 Å². The quantitative estimate of drug-likeness (QED) is 0.641. The number of nitrogens with one attached hydrogen (secondary N) is 2. The van der Waals surface area contributed by atoms with Crippen LogP contribution in [-0.4, -0.2) is 18.2 Å². The minimum absolute atomic E-state index is 0.137. The van der Waals surface area contributed by atoms with Crippen molar-refractivity contribution in [3.63, 3.8) is 0 Å². The number of hydrogen-bond donors (Lipinski definition) is 2. The van der Waals surface area contributed by atoms with Gasteiger partial charge in [0.1, 0.15) is 0 Å². The third kappa shape index (κ3) is 3.53. The topological polar surface area (TPSA) is 71.0 Å². The van der Waals surface area contributed by atoms with Crippen LogP contribution in [0.3, 0.4) is 0 Å². The summed E-state index contributed by atoms with van der Waals surface area (Å²) < 4.78 is 7.25. The first-order valence-corrected chi connectivity index (χ1v) is 7.05. The van der Waals surface area contributed by atoms with Crippen molar-refractivity contribution >= 4 is 11.8 Å². The number of hydrogen-bond acceptors (Lipinski definition) is 4. The Labute approximate surface area is 113 Å². The summed E-state index contributed by atoms with van der Waals surface area (Å²) in [6, 6.07) is 0.386. The number of aromatic nitrogens is 2. The third-order valence-electron chi connectivity index (χ3n) is 3.56. The third-order valence-corrected chi connectivity index (χ3v) is 3.56. The van der Waals surface area contributed by atoms with E-state index in [0.29, 0.717) is 18.5 Å². The largest absolute Gasteiger partial charge is 0.310 e. The molecule has 0 saturated heterocycles. The average molecular weight is 267 g/mol. The van der Waals surface area contributed by atoms with Crippen LogP contribution in [0.4, 0.5) is 5.88 Å². The van der Waals surface area contributed by atoms with Crippen molar-refractivity contribution in [1.29, 1.82) is 0 Å². The highest BCUT2D eigenvalue weighted by atomic mass is 16.5. The van der Waals surface area contributed by atoms with Crippen molar-refractivity contribution in [2.24, 2.45) is 0 Å². The second kappa shape index (κ2) is 6.65. The van der Waals surface area contributed by atoms with E-state index in [1.165, 1.54) is 32.6 Å². The van der Waals surface area contributed by atoms with E-state index in [0.717, 1.165) is 18.5 Å². The minimum atomic E-state index is -0.137. The molecule has 0 atom stereocenters. The van der Waals surface area contributed by atoms with Gasteiger partial charge in [-0.2, -0.15) is 0 Å². The highest BCUT2D eigenvalue weighted by Gasteiger charge is 2.32. The molecule has 0 aromatic carbocycles. The van der Waals surface area contributed by atoms with Crippen LogP contribution in [0.2, 0.25) is 0 Å². The molecule has 0 bridgehead atoms. The molecule has 1 fully saturated rings. The molecule has 2 rings (SSSR count). The number of rotatable bonds is 4. The van der Waals surface area contributed by atoms with Gasteiger partial charge in [0.2, 0.25) is 11.2 Å². The van der Waals surface area contributed by atoms with Gasteiger partial charge in [0, 0.05) is 19.8 Å². The lowest BCUT2D eigenvalue weighted by Crippen LogP contribution is -2.45. The summed E-state index contributed by atoms with van der Waals surface area (Å²) in [6.45, 7) is 2.11. The van der Waals surface area contributed by atoms with E-state index >= 15 is 0 Å². The van der Waals surface area contributed by atoms with Gasteiger partial charge in [-0.3, -0.25) is 14.6 Å². The summed E-state index contributed by atoms with van der Waals surface area (Å²) >= 11 is 0. The molecule has 1 heterocycles. The van der Waals surface area contributed by atoms with E-state index in [2.05, 4.69) is 15.9 Å². The molecule has 6 nitrogen and oxygen atoms in total. The number of nitrogens with zero attached hydrogens (tertiary/aromatic N) is 2. The van der Waals surface area contributed by atoms with Crippen LogP contribution >= 0.6 is 0 Å². The summed E-state index contributed by atoms with van der Waals surface area (Å²) in [5.41, 5.74) is 0.921. The fourth-order valence-electron chi connectivity index (χ4n) is 2.66. The fourth-order valence-corrected chi connectivity index (χ4v) is 2.66. The lowest BCUT2D eigenvalue weighted by Gasteiger charge is -2.05. The molecule has 0 spiro atoms. The summed E-state index contributed by atoms with van der Waals surface area (Å²) in [5.74, 6) is 0.326. The predicted octanol–water partition coefficient (Wildman–Crippen LogP) is 1.54. The maximum Gasteiger partial charge on any atom is 0.306 e. The highest BCUT2D eigenvalue weighted by molar-refractivity contribution is 5.87. The van der Waals surface area contributed by atoms with E-state index in [9.17, 15) is 4.79 Å². The van der Waals surface area contributed by atoms with Crippen LogP contribution in [0.25, 0.3) is 0 Å². The Morgan fingerprint density at radius 2 is 2.05 bits per heavy atom. The molecule has 1 aliphatic rings. The zero-order valence-corrected chi connectivity index (χ0v) is 11.7. The van der Waals surface area contributed by atoms with E-state index in [-0.39, 0.29) is 5.91 Å². The van der Waals surface area contributed by atoms with Gasteiger partial charge in [-0.15, -0.1) is 0 Å². The Kier molecular flexibility index (Phi) is 4.90. The Balaban J connectivity index is 2.22. The van der Waals surface area contributed by atoms with Crippen LogP contribution in [0, 0.1) is 0 Å². The number of amides is 1. The van der Waals surface area contributed by atoms with E-state index in [1.54, 1.807) is 0 Å². The van der Waals surface area contributed by atoms with Gasteiger partial charge < -0.3 is 5.32 Å². The Morgan fingerprint density at radius 1 is 1.37 bits per heavy atom. The first-order valence-electron chi connectivity index (χ1n) is 7.05. The SMILES string of the molecule is CNCc1c(NC(C)=O)on[n+]1C1CCCCCC1. The summed E-state index contributed by atoms with van der Waals surface area (Å²) in [5, 5.41) is 9.95. The minimum Gasteiger partial charge on any atom is -0.310 e. The molecule has 0 radical (unpaired) electrons. The first kappa shape index (κ1) is 14.0. The molecule has 1 amide bonds. The molecule has 2 N–H and O–H groups in total. The van der Waals surface area contributed by atoms with Crippen molar-refractivity contribution in [2.75, 3.05) is 12.4 Å². The molecular weight excluding hydrogens is 244 g/mol. The number of anilines is 1. The predicted molar refractivity (Wildman–Crippen MR) is 70.5 cm³/mol. The van der Waals surface area contributed by atoms with Crippen LogP contribution in [0.1, 0.15) is 57.2 Å². The molecule has 106 valence electrons. The molecule has 0 unspecified atom stereocenters. The van der Waals surface area contributed by atoms with Gasteiger partial charge in [-0.1, -0.05) is 12.8 Å². The molecule has 0 aliphatic heterocycles. The Bertz CT molecular complexity index is 422. The van der Waals surface area contributed by atoms with Gasteiger partial charge in [0.05, 0.1) is 6.54 Å². The normalized spacial score (nSPS) is 17.2. The number of carbonyl (C=O) groups excluding carboxylic acids is 1. The van der Waals surface area contributed by atoms with Gasteiger partial charge in [0.15, 0.2) is 6.04 Å². The summed E-state index contributed by atoms with van der Waals surface area (Å²) in [6.07, 6.45) is 7.34. The van der Waals surface area contributed by atoms with Crippen LogP contribution < -0.4 is 15.3 Å². The monoisotopic (exact) mass is 267 g/mol. The highest BCUT2D eigenvalue weighted by Crippen LogP contribution is 2.24. The maximum atomic E-state index is 11.2. The van der Waals surface area contributed by atoms with Crippen LogP contribution in [0.5, 0.6) is 0 Å². The van der Waals surface area contributed by atoms with Crippen molar-refractivity contribution in [1.82, 2.24) is 10.6 Å². The molecule has 1 saturated carbocycles. The summed E-state index contributed by atoms with van der Waals surface area (Å²) in [4.78, 5) is 11.2. The van der Waals surface area contributed by atoms with Gasteiger partial charge in [-0.25, -0.2) is 0 Å². The number of carbonyl (C=O) groups is 1. The van der Waals surface area contributed by atoms with Crippen molar-refractivity contribution in [2.45, 2.75) is 58.0 Å². The molecular formula is C13H23N4O2+. The molecule has 1 aliphatic carbocycles. The second-order valence-corrected chi connectivity index (χ2v) is 5.15. The zero-order chi connectivity index (χ0) is 13.7. The fraction of sp³-hybridized carbons (Fsp3) is 0.769. The molecule has 6 heteroatoms. The Hall–Kier alpha value is -1.43. The maximum absolute atomic E-state index is 11.2. The van der Waals surface area contributed by atoms with Gasteiger partial charge in [-0.05, 0) is 24.6 Å². The molecule has 1 aromatic heterocycles. The van der Waals surface area contributed by atoms with Gasteiger partial charge >= 0.3 is 5.88 Å². The van der Waals surface area contributed by atoms with Crippen LogP contribution in [0.15, 0.2) is 4.52 Å². The smallest absolute Gasteiger partial charge is 0.306 e. The zero-order valence-electron chi connectivity index (χ0n) is 11.7. The second-order valence-electron chi connectivity index (χ2n) is 5.15. The average Bonchev–Trinajstić information content (AvgIpc) is 2.62. The van der Waals surface area contributed by atoms with E-state index in [1.807, 2.05) is 11.7 Å². The van der Waals surface area contributed by atoms with E-state index < -0.39 is 0 Å². The van der Waals surface area contributed by atoms with Crippen LogP contribution in [-0.2, 0) is 11.3 Å². The van der Waals surface area contributed by atoms with Crippen molar-refractivity contribution in [3.8, 4) is 0 Å². The first-order chi connectivity index (χ1) is 9.22. The standard InChI is InChI=1S/C13H22N4O2/c1-10(18)15-13-12(9-14-2)17(16-19-13)11-7-5-3-4-6-8-11/h11,14H,3-9H2,1-2H3/p+1. The summed E-state index contributed by atoms with van der Waals surface area (Å²) in [7, 11) is 1.88. The lowest BCUT2D eigenvalue weighted by atomic mass is 10.1. The molecule has 19 heavy (non-hydrogen) atoms. The van der Waals surface area contributed by atoms with Gasteiger partial charge in [0.25, 0.3) is 5.69 Å². The van der Waals surface area contributed by atoms with Crippen molar-refractivity contribution in [3.05, 3.63) is 5.69 Å². The molecule has 1 aromatic rings. The van der Waals surface area contributed by atoms with Crippen molar-refractivity contribution < 1.29 is 14.0 Å². The lowest BCUT2D eigenvalue weighted by molar-refractivity contribution is -0.792. The Morgan fingerprint density at radius 3 is 2.63 bits per heavy atom.